The highest BCUT2D eigenvalue weighted by molar-refractivity contribution is 5.27. The SMILES string of the molecule is CCCNC(Cc1ccc(F)cc1C)C1CCCCCC1. The van der Waals surface area contributed by atoms with Crippen molar-refractivity contribution >= 4 is 0 Å². The summed E-state index contributed by atoms with van der Waals surface area (Å²) in [6.07, 6.45) is 10.4. The predicted molar refractivity (Wildman–Crippen MR) is 88.1 cm³/mol. The van der Waals surface area contributed by atoms with Crippen LogP contribution in [-0.4, -0.2) is 12.6 Å². The summed E-state index contributed by atoms with van der Waals surface area (Å²) in [5.41, 5.74) is 2.39. The summed E-state index contributed by atoms with van der Waals surface area (Å²) < 4.78 is 13.3. The van der Waals surface area contributed by atoms with Gasteiger partial charge in [-0.05, 0) is 68.3 Å². The zero-order valence-corrected chi connectivity index (χ0v) is 13.6. The van der Waals surface area contributed by atoms with E-state index in [9.17, 15) is 4.39 Å². The Morgan fingerprint density at radius 2 is 1.90 bits per heavy atom. The minimum absolute atomic E-state index is 0.121. The van der Waals surface area contributed by atoms with Gasteiger partial charge in [0.1, 0.15) is 5.82 Å². The first-order valence-corrected chi connectivity index (χ1v) is 8.69. The first-order valence-electron chi connectivity index (χ1n) is 8.69. The largest absolute Gasteiger partial charge is 0.313 e. The first-order chi connectivity index (χ1) is 10.2. The smallest absolute Gasteiger partial charge is 0.123 e. The van der Waals surface area contributed by atoms with Crippen LogP contribution in [0, 0.1) is 18.7 Å². The van der Waals surface area contributed by atoms with Crippen LogP contribution in [0.1, 0.15) is 63.0 Å². The molecule has 2 rings (SSSR count). The van der Waals surface area contributed by atoms with Crippen molar-refractivity contribution in [1.29, 1.82) is 0 Å². The van der Waals surface area contributed by atoms with E-state index in [1.165, 1.54) is 50.5 Å². The summed E-state index contributed by atoms with van der Waals surface area (Å²) in [4.78, 5) is 0. The maximum atomic E-state index is 13.3. The summed E-state index contributed by atoms with van der Waals surface area (Å²) >= 11 is 0. The lowest BCUT2D eigenvalue weighted by atomic mass is 9.86. The number of benzene rings is 1. The van der Waals surface area contributed by atoms with Crippen LogP contribution >= 0.6 is 0 Å². The van der Waals surface area contributed by atoms with Gasteiger partial charge in [-0.15, -0.1) is 0 Å². The average Bonchev–Trinajstić information content (AvgIpc) is 2.74. The molecule has 0 radical (unpaired) electrons. The number of hydrogen-bond acceptors (Lipinski definition) is 1. The third-order valence-corrected chi connectivity index (χ3v) is 4.87. The molecule has 0 heterocycles. The van der Waals surface area contributed by atoms with E-state index in [0.29, 0.717) is 6.04 Å². The molecule has 1 unspecified atom stereocenters. The molecule has 21 heavy (non-hydrogen) atoms. The van der Waals surface area contributed by atoms with Crippen molar-refractivity contribution in [2.24, 2.45) is 5.92 Å². The van der Waals surface area contributed by atoms with E-state index < -0.39 is 0 Å². The molecule has 0 bridgehead atoms. The molecule has 0 amide bonds. The van der Waals surface area contributed by atoms with Gasteiger partial charge < -0.3 is 5.32 Å². The Kier molecular flexibility index (Phi) is 6.69. The van der Waals surface area contributed by atoms with Gasteiger partial charge in [-0.25, -0.2) is 4.39 Å². The molecule has 1 aliphatic carbocycles. The molecule has 1 N–H and O–H groups in total. The van der Waals surface area contributed by atoms with E-state index >= 15 is 0 Å². The van der Waals surface area contributed by atoms with Gasteiger partial charge >= 0.3 is 0 Å². The van der Waals surface area contributed by atoms with Gasteiger partial charge in [0.25, 0.3) is 0 Å². The van der Waals surface area contributed by atoms with Crippen LogP contribution in [0.3, 0.4) is 0 Å². The van der Waals surface area contributed by atoms with Crippen LogP contribution < -0.4 is 5.32 Å². The Labute approximate surface area is 129 Å². The summed E-state index contributed by atoms with van der Waals surface area (Å²) in [6.45, 7) is 5.34. The Morgan fingerprint density at radius 3 is 2.52 bits per heavy atom. The summed E-state index contributed by atoms with van der Waals surface area (Å²) in [5, 5.41) is 3.76. The summed E-state index contributed by atoms with van der Waals surface area (Å²) in [7, 11) is 0. The number of aryl methyl sites for hydroxylation is 1. The highest BCUT2D eigenvalue weighted by Gasteiger charge is 2.23. The van der Waals surface area contributed by atoms with Gasteiger partial charge in [0.05, 0.1) is 0 Å². The normalized spacial score (nSPS) is 18.4. The van der Waals surface area contributed by atoms with Crippen LogP contribution in [0.4, 0.5) is 4.39 Å². The van der Waals surface area contributed by atoms with Gasteiger partial charge in [0.2, 0.25) is 0 Å². The Morgan fingerprint density at radius 1 is 1.19 bits per heavy atom. The third kappa shape index (κ3) is 5.10. The summed E-state index contributed by atoms with van der Waals surface area (Å²) in [6, 6.07) is 5.79. The van der Waals surface area contributed by atoms with Gasteiger partial charge in [0.15, 0.2) is 0 Å². The lowest BCUT2D eigenvalue weighted by molar-refractivity contribution is 0.317. The molecule has 1 saturated carbocycles. The molecule has 1 nitrogen and oxygen atoms in total. The van der Waals surface area contributed by atoms with Crippen molar-refractivity contribution in [3.05, 3.63) is 35.1 Å². The first kappa shape index (κ1) is 16.5. The number of hydrogen-bond donors (Lipinski definition) is 1. The molecular weight excluding hydrogens is 261 g/mol. The number of nitrogens with one attached hydrogen (secondary N) is 1. The molecule has 2 heteroatoms. The molecule has 0 aliphatic heterocycles. The van der Waals surface area contributed by atoms with Crippen molar-refractivity contribution in [3.8, 4) is 0 Å². The van der Waals surface area contributed by atoms with Crippen molar-refractivity contribution in [2.45, 2.75) is 71.3 Å². The Bertz CT molecular complexity index is 422. The van der Waals surface area contributed by atoms with E-state index in [0.717, 1.165) is 24.4 Å². The Balaban J connectivity index is 2.07. The van der Waals surface area contributed by atoms with E-state index in [4.69, 9.17) is 0 Å². The second-order valence-corrected chi connectivity index (χ2v) is 6.59. The van der Waals surface area contributed by atoms with Crippen molar-refractivity contribution in [2.75, 3.05) is 6.54 Å². The molecule has 0 spiro atoms. The molecule has 1 aromatic rings. The fraction of sp³-hybridized carbons (Fsp3) is 0.684. The standard InChI is InChI=1S/C19H30FN/c1-3-12-21-19(16-8-6-4-5-7-9-16)14-17-10-11-18(20)13-15(17)2/h10-11,13,16,19,21H,3-9,12,14H2,1-2H3. The fourth-order valence-electron chi connectivity index (χ4n) is 3.57. The molecule has 1 aliphatic rings. The molecule has 1 atom stereocenters. The molecular formula is C19H30FN. The zero-order chi connectivity index (χ0) is 15.1. The van der Waals surface area contributed by atoms with Crippen LogP contribution in [0.5, 0.6) is 0 Å². The van der Waals surface area contributed by atoms with Crippen LogP contribution in [0.25, 0.3) is 0 Å². The quantitative estimate of drug-likeness (QED) is 0.726. The van der Waals surface area contributed by atoms with Gasteiger partial charge in [0, 0.05) is 6.04 Å². The highest BCUT2D eigenvalue weighted by Crippen LogP contribution is 2.28. The zero-order valence-electron chi connectivity index (χ0n) is 13.6. The van der Waals surface area contributed by atoms with Crippen LogP contribution in [-0.2, 0) is 6.42 Å². The maximum Gasteiger partial charge on any atom is 0.123 e. The van der Waals surface area contributed by atoms with Crippen molar-refractivity contribution in [3.63, 3.8) is 0 Å². The monoisotopic (exact) mass is 291 g/mol. The van der Waals surface area contributed by atoms with E-state index in [-0.39, 0.29) is 5.82 Å². The third-order valence-electron chi connectivity index (χ3n) is 4.87. The van der Waals surface area contributed by atoms with Crippen LogP contribution in [0.2, 0.25) is 0 Å². The van der Waals surface area contributed by atoms with E-state index in [2.05, 4.69) is 12.2 Å². The van der Waals surface area contributed by atoms with Gasteiger partial charge in [-0.3, -0.25) is 0 Å². The molecule has 118 valence electrons. The molecule has 0 saturated heterocycles. The minimum Gasteiger partial charge on any atom is -0.313 e. The van der Waals surface area contributed by atoms with Crippen LogP contribution in [0.15, 0.2) is 18.2 Å². The van der Waals surface area contributed by atoms with Gasteiger partial charge in [-0.2, -0.15) is 0 Å². The Hall–Kier alpha value is -0.890. The minimum atomic E-state index is -0.121. The average molecular weight is 291 g/mol. The molecule has 0 aromatic heterocycles. The van der Waals surface area contributed by atoms with Crippen molar-refractivity contribution in [1.82, 2.24) is 5.32 Å². The highest BCUT2D eigenvalue weighted by atomic mass is 19.1. The molecule has 1 aromatic carbocycles. The van der Waals surface area contributed by atoms with Gasteiger partial charge in [-0.1, -0.05) is 38.7 Å². The van der Waals surface area contributed by atoms with E-state index in [1.807, 2.05) is 13.0 Å². The van der Waals surface area contributed by atoms with E-state index in [1.54, 1.807) is 12.1 Å². The second-order valence-electron chi connectivity index (χ2n) is 6.59. The fourth-order valence-corrected chi connectivity index (χ4v) is 3.57. The lowest BCUT2D eigenvalue weighted by Crippen LogP contribution is -2.38. The van der Waals surface area contributed by atoms with Crippen molar-refractivity contribution < 1.29 is 4.39 Å². The lowest BCUT2D eigenvalue weighted by Gasteiger charge is -2.28. The number of halogens is 1. The topological polar surface area (TPSA) is 12.0 Å². The summed E-state index contributed by atoms with van der Waals surface area (Å²) in [5.74, 6) is 0.660. The molecule has 1 fully saturated rings. The predicted octanol–water partition coefficient (Wildman–Crippen LogP) is 5.02. The second kappa shape index (κ2) is 8.53. The maximum absolute atomic E-state index is 13.3. The number of rotatable bonds is 6.